The van der Waals surface area contributed by atoms with Crippen molar-refractivity contribution < 1.29 is 18.0 Å². The molecule has 1 heterocycles. The number of aryl methyl sites for hydroxylation is 1. The van der Waals surface area contributed by atoms with Gasteiger partial charge in [-0.25, -0.2) is 8.42 Å². The summed E-state index contributed by atoms with van der Waals surface area (Å²) in [6, 6.07) is 13.8. The second kappa shape index (κ2) is 9.96. The number of para-hydroxylation sites is 1. The highest BCUT2D eigenvalue weighted by molar-refractivity contribution is 7.92. The van der Waals surface area contributed by atoms with Crippen LogP contribution in [0.2, 0.25) is 0 Å². The van der Waals surface area contributed by atoms with Gasteiger partial charge in [-0.05, 0) is 44.0 Å². The van der Waals surface area contributed by atoms with E-state index < -0.39 is 15.9 Å². The minimum atomic E-state index is -3.67. The lowest BCUT2D eigenvalue weighted by Gasteiger charge is -2.24. The maximum atomic E-state index is 13.1. The molecule has 1 fully saturated rings. The average Bonchev–Trinajstić information content (AvgIpc) is 3.01. The van der Waals surface area contributed by atoms with Gasteiger partial charge in [0, 0.05) is 13.1 Å². The maximum absolute atomic E-state index is 13.1. The van der Waals surface area contributed by atoms with Crippen molar-refractivity contribution in [1.82, 2.24) is 4.90 Å². The van der Waals surface area contributed by atoms with E-state index in [9.17, 15) is 18.0 Å². The molecule has 1 aliphatic rings. The Kier molecular flexibility index (Phi) is 7.33. The molecule has 3 rings (SSSR count). The monoisotopic (exact) mass is 443 g/mol. The summed E-state index contributed by atoms with van der Waals surface area (Å²) in [6.45, 7) is 2.93. The zero-order valence-electron chi connectivity index (χ0n) is 18.0. The molecular formula is C23H29N3O4S. The van der Waals surface area contributed by atoms with Gasteiger partial charge in [-0.1, -0.05) is 42.7 Å². The van der Waals surface area contributed by atoms with Crippen LogP contribution in [-0.4, -0.2) is 51.0 Å². The first-order chi connectivity index (χ1) is 14.8. The molecule has 0 aromatic heterocycles. The fraction of sp³-hybridized carbons (Fsp3) is 0.391. The Labute approximate surface area is 184 Å². The van der Waals surface area contributed by atoms with Gasteiger partial charge in [0.15, 0.2) is 0 Å². The third-order valence-electron chi connectivity index (χ3n) is 5.33. The number of benzene rings is 2. The van der Waals surface area contributed by atoms with Gasteiger partial charge in [-0.15, -0.1) is 0 Å². The van der Waals surface area contributed by atoms with Gasteiger partial charge in [-0.3, -0.25) is 13.9 Å². The summed E-state index contributed by atoms with van der Waals surface area (Å²) >= 11 is 0. The van der Waals surface area contributed by atoms with Crippen LogP contribution in [0, 0.1) is 6.92 Å². The van der Waals surface area contributed by atoms with Gasteiger partial charge < -0.3 is 10.2 Å². The standard InChI is InChI=1S/C23H29N3O4S/c1-18-11-13-19(14-12-18)26(31(2,29)30)17-22(27)24-21-10-6-5-9-20(21)23(28)25-15-7-3-4-8-16-25/h5-6,9-14H,3-4,7-8,15-17H2,1-2H3,(H,24,27). The summed E-state index contributed by atoms with van der Waals surface area (Å²) in [6.07, 6.45) is 5.24. The van der Waals surface area contributed by atoms with Crippen molar-refractivity contribution >= 4 is 33.2 Å². The van der Waals surface area contributed by atoms with E-state index in [1.54, 1.807) is 48.5 Å². The maximum Gasteiger partial charge on any atom is 0.255 e. The summed E-state index contributed by atoms with van der Waals surface area (Å²) in [4.78, 5) is 27.7. The first kappa shape index (κ1) is 22.8. The second-order valence-corrected chi connectivity index (χ2v) is 9.81. The van der Waals surface area contributed by atoms with Crippen molar-refractivity contribution in [1.29, 1.82) is 0 Å². The molecule has 31 heavy (non-hydrogen) atoms. The summed E-state index contributed by atoms with van der Waals surface area (Å²) in [5.74, 6) is -0.626. The van der Waals surface area contributed by atoms with Crippen LogP contribution in [-0.2, 0) is 14.8 Å². The topological polar surface area (TPSA) is 86.8 Å². The number of sulfonamides is 1. The van der Waals surface area contributed by atoms with Crippen molar-refractivity contribution in [2.75, 3.05) is 35.5 Å². The molecular weight excluding hydrogens is 414 g/mol. The molecule has 7 nitrogen and oxygen atoms in total. The number of rotatable bonds is 6. The number of amides is 2. The molecule has 0 spiro atoms. The Morgan fingerprint density at radius 2 is 1.58 bits per heavy atom. The molecule has 2 aromatic carbocycles. The predicted molar refractivity (Wildman–Crippen MR) is 123 cm³/mol. The van der Waals surface area contributed by atoms with E-state index in [4.69, 9.17) is 0 Å². The summed E-state index contributed by atoms with van der Waals surface area (Å²) < 4.78 is 25.7. The van der Waals surface area contributed by atoms with E-state index in [-0.39, 0.29) is 12.5 Å². The lowest BCUT2D eigenvalue weighted by Crippen LogP contribution is -2.38. The zero-order valence-corrected chi connectivity index (χ0v) is 18.8. The van der Waals surface area contributed by atoms with Crippen LogP contribution in [0.1, 0.15) is 41.6 Å². The smallest absolute Gasteiger partial charge is 0.255 e. The number of carbonyl (C=O) groups excluding carboxylic acids is 2. The van der Waals surface area contributed by atoms with Crippen LogP contribution in [0.25, 0.3) is 0 Å². The molecule has 166 valence electrons. The van der Waals surface area contributed by atoms with Crippen LogP contribution in [0.5, 0.6) is 0 Å². The van der Waals surface area contributed by atoms with Crippen LogP contribution >= 0.6 is 0 Å². The van der Waals surface area contributed by atoms with Crippen molar-refractivity contribution in [2.45, 2.75) is 32.6 Å². The molecule has 0 aliphatic carbocycles. The molecule has 2 aromatic rings. The Balaban J connectivity index is 1.78. The molecule has 0 bridgehead atoms. The number of hydrogen-bond donors (Lipinski definition) is 1. The number of likely N-dealkylation sites (tertiary alicyclic amines) is 1. The van der Waals surface area contributed by atoms with E-state index >= 15 is 0 Å². The quantitative estimate of drug-likeness (QED) is 0.741. The van der Waals surface area contributed by atoms with E-state index in [0.717, 1.165) is 41.8 Å². The molecule has 0 unspecified atom stereocenters. The number of anilines is 2. The molecule has 0 radical (unpaired) electrons. The zero-order chi connectivity index (χ0) is 22.4. The second-order valence-electron chi connectivity index (χ2n) is 7.91. The van der Waals surface area contributed by atoms with Gasteiger partial charge >= 0.3 is 0 Å². The normalized spacial score (nSPS) is 14.6. The average molecular weight is 444 g/mol. The van der Waals surface area contributed by atoms with E-state index in [1.807, 2.05) is 11.8 Å². The minimum absolute atomic E-state index is 0.115. The largest absolute Gasteiger partial charge is 0.339 e. The Morgan fingerprint density at radius 3 is 2.19 bits per heavy atom. The highest BCUT2D eigenvalue weighted by atomic mass is 32.2. The molecule has 1 aliphatic heterocycles. The lowest BCUT2D eigenvalue weighted by atomic mass is 10.1. The van der Waals surface area contributed by atoms with Crippen molar-refractivity contribution in [3.63, 3.8) is 0 Å². The Bertz CT molecular complexity index is 1030. The van der Waals surface area contributed by atoms with Gasteiger partial charge in [0.05, 0.1) is 23.2 Å². The summed E-state index contributed by atoms with van der Waals surface area (Å²) in [5, 5.41) is 2.74. The molecule has 8 heteroatoms. The Morgan fingerprint density at radius 1 is 0.968 bits per heavy atom. The van der Waals surface area contributed by atoms with E-state index in [0.29, 0.717) is 30.0 Å². The first-order valence-corrected chi connectivity index (χ1v) is 12.3. The summed E-state index contributed by atoms with van der Waals surface area (Å²) in [5.41, 5.74) is 2.21. The van der Waals surface area contributed by atoms with Crippen LogP contribution in [0.4, 0.5) is 11.4 Å². The fourth-order valence-corrected chi connectivity index (χ4v) is 4.51. The van der Waals surface area contributed by atoms with Crippen LogP contribution < -0.4 is 9.62 Å². The van der Waals surface area contributed by atoms with Gasteiger partial charge in [0.2, 0.25) is 15.9 Å². The molecule has 1 N–H and O–H groups in total. The number of hydrogen-bond acceptors (Lipinski definition) is 4. The number of nitrogens with one attached hydrogen (secondary N) is 1. The number of carbonyl (C=O) groups is 2. The minimum Gasteiger partial charge on any atom is -0.339 e. The fourth-order valence-electron chi connectivity index (χ4n) is 3.65. The third kappa shape index (κ3) is 6.07. The van der Waals surface area contributed by atoms with E-state index in [2.05, 4.69) is 5.32 Å². The first-order valence-electron chi connectivity index (χ1n) is 10.5. The SMILES string of the molecule is Cc1ccc(N(CC(=O)Nc2ccccc2C(=O)N2CCCCCC2)S(C)(=O)=O)cc1. The van der Waals surface area contributed by atoms with E-state index in [1.165, 1.54) is 0 Å². The van der Waals surface area contributed by atoms with Crippen molar-refractivity contribution in [2.24, 2.45) is 0 Å². The van der Waals surface area contributed by atoms with Crippen molar-refractivity contribution in [3.05, 3.63) is 59.7 Å². The number of nitrogens with zero attached hydrogens (tertiary/aromatic N) is 2. The molecule has 0 atom stereocenters. The molecule has 2 amide bonds. The lowest BCUT2D eigenvalue weighted by molar-refractivity contribution is -0.114. The third-order valence-corrected chi connectivity index (χ3v) is 6.47. The van der Waals surface area contributed by atoms with Gasteiger partial charge in [-0.2, -0.15) is 0 Å². The summed E-state index contributed by atoms with van der Waals surface area (Å²) in [7, 11) is -3.67. The predicted octanol–water partition coefficient (Wildman–Crippen LogP) is 3.42. The molecule has 0 saturated carbocycles. The van der Waals surface area contributed by atoms with Crippen LogP contribution in [0.3, 0.4) is 0 Å². The highest BCUT2D eigenvalue weighted by Gasteiger charge is 2.23. The highest BCUT2D eigenvalue weighted by Crippen LogP contribution is 2.21. The van der Waals surface area contributed by atoms with Gasteiger partial charge in [0.1, 0.15) is 6.54 Å². The van der Waals surface area contributed by atoms with Crippen LogP contribution in [0.15, 0.2) is 48.5 Å². The van der Waals surface area contributed by atoms with Crippen molar-refractivity contribution in [3.8, 4) is 0 Å². The Hall–Kier alpha value is -2.87. The van der Waals surface area contributed by atoms with Gasteiger partial charge in [0.25, 0.3) is 5.91 Å². The molecule has 1 saturated heterocycles.